The van der Waals surface area contributed by atoms with Gasteiger partial charge in [-0.15, -0.1) is 0 Å². The minimum atomic E-state index is -0.291. The minimum absolute atomic E-state index is 0.141. The number of aromatic nitrogens is 4. The van der Waals surface area contributed by atoms with Crippen molar-refractivity contribution in [2.24, 2.45) is 0 Å². The summed E-state index contributed by atoms with van der Waals surface area (Å²) in [5.41, 5.74) is 2.90. The first-order chi connectivity index (χ1) is 12.6. The molecule has 3 heterocycles. The normalized spacial score (nSPS) is 13.5. The van der Waals surface area contributed by atoms with E-state index in [0.29, 0.717) is 18.8 Å². The summed E-state index contributed by atoms with van der Waals surface area (Å²) >= 11 is 0. The molecule has 7 nitrogen and oxygen atoms in total. The van der Waals surface area contributed by atoms with Crippen molar-refractivity contribution in [3.63, 3.8) is 0 Å². The van der Waals surface area contributed by atoms with Gasteiger partial charge in [0.05, 0.1) is 18.4 Å². The van der Waals surface area contributed by atoms with Gasteiger partial charge in [0.1, 0.15) is 17.3 Å². The highest BCUT2D eigenvalue weighted by Gasteiger charge is 2.20. The first kappa shape index (κ1) is 16.5. The molecule has 1 aromatic carbocycles. The van der Waals surface area contributed by atoms with Gasteiger partial charge in [-0.3, -0.25) is 9.89 Å². The number of benzene rings is 1. The highest BCUT2D eigenvalue weighted by atomic mass is 19.1. The number of carbonyl (C=O) groups is 1. The number of hydrogen-bond donors (Lipinski definition) is 2. The van der Waals surface area contributed by atoms with Gasteiger partial charge in [0.15, 0.2) is 0 Å². The lowest BCUT2D eigenvalue weighted by Crippen LogP contribution is -2.27. The Bertz CT molecular complexity index is 906. The molecule has 0 radical (unpaired) electrons. The van der Waals surface area contributed by atoms with Crippen molar-refractivity contribution in [1.82, 2.24) is 30.0 Å². The van der Waals surface area contributed by atoms with Crippen LogP contribution >= 0.6 is 0 Å². The Morgan fingerprint density at radius 2 is 2.15 bits per heavy atom. The summed E-state index contributed by atoms with van der Waals surface area (Å²) < 4.78 is 15.2. The molecule has 0 saturated heterocycles. The van der Waals surface area contributed by atoms with Crippen LogP contribution in [0.5, 0.6) is 0 Å². The lowest BCUT2D eigenvalue weighted by atomic mass is 10.1. The van der Waals surface area contributed by atoms with Crippen LogP contribution in [-0.4, -0.2) is 44.1 Å². The SMILES string of the molecule is CN(Cc1cn[nH]c1-c1ccc(F)cc1)C(=O)c1cn2c(n1)CNCC2. The van der Waals surface area contributed by atoms with Crippen molar-refractivity contribution in [3.05, 3.63) is 59.6 Å². The van der Waals surface area contributed by atoms with Crippen LogP contribution in [-0.2, 0) is 19.6 Å². The Hall–Kier alpha value is -3.00. The monoisotopic (exact) mass is 354 g/mol. The van der Waals surface area contributed by atoms with Crippen LogP contribution in [0.2, 0.25) is 0 Å². The van der Waals surface area contributed by atoms with Crippen molar-refractivity contribution in [3.8, 4) is 11.3 Å². The van der Waals surface area contributed by atoms with Crippen LogP contribution in [0, 0.1) is 5.82 Å². The van der Waals surface area contributed by atoms with Crippen molar-refractivity contribution in [2.75, 3.05) is 13.6 Å². The van der Waals surface area contributed by atoms with Gasteiger partial charge >= 0.3 is 0 Å². The van der Waals surface area contributed by atoms with E-state index in [-0.39, 0.29) is 11.7 Å². The maximum Gasteiger partial charge on any atom is 0.274 e. The number of rotatable bonds is 4. The first-order valence-electron chi connectivity index (χ1n) is 8.42. The third-order valence-corrected chi connectivity index (χ3v) is 4.50. The number of H-pyrrole nitrogens is 1. The van der Waals surface area contributed by atoms with E-state index in [1.165, 1.54) is 12.1 Å². The Balaban J connectivity index is 1.52. The fraction of sp³-hybridized carbons (Fsp3) is 0.278. The summed E-state index contributed by atoms with van der Waals surface area (Å²) in [6, 6.07) is 6.17. The quantitative estimate of drug-likeness (QED) is 0.749. The molecule has 0 aliphatic carbocycles. The highest BCUT2D eigenvalue weighted by Crippen LogP contribution is 2.22. The number of carbonyl (C=O) groups excluding carboxylic acids is 1. The van der Waals surface area contributed by atoms with Crippen molar-refractivity contribution >= 4 is 5.91 Å². The lowest BCUT2D eigenvalue weighted by molar-refractivity contribution is 0.0780. The molecule has 2 N–H and O–H groups in total. The summed E-state index contributed by atoms with van der Waals surface area (Å²) in [5.74, 6) is 0.446. The molecule has 4 rings (SSSR count). The fourth-order valence-electron chi connectivity index (χ4n) is 3.11. The first-order valence-corrected chi connectivity index (χ1v) is 8.42. The number of hydrogen-bond acceptors (Lipinski definition) is 4. The predicted octanol–water partition coefficient (Wildman–Crippen LogP) is 1.79. The van der Waals surface area contributed by atoms with Gasteiger partial charge in [0.2, 0.25) is 0 Å². The van der Waals surface area contributed by atoms with Gasteiger partial charge in [-0.05, 0) is 24.3 Å². The van der Waals surface area contributed by atoms with E-state index in [2.05, 4.69) is 20.5 Å². The summed E-state index contributed by atoms with van der Waals surface area (Å²) in [5, 5.41) is 10.2. The standard InChI is InChI=1S/C18H19FN6O/c1-24(18(26)15-11-25-7-6-20-9-16(25)22-15)10-13-8-21-23-17(13)12-2-4-14(19)5-3-12/h2-5,8,11,20H,6-7,9-10H2,1H3,(H,21,23). The molecule has 0 atom stereocenters. The van der Waals surface area contributed by atoms with E-state index in [4.69, 9.17) is 0 Å². The number of halogens is 1. The third-order valence-electron chi connectivity index (χ3n) is 4.50. The van der Waals surface area contributed by atoms with E-state index in [0.717, 1.165) is 35.7 Å². The van der Waals surface area contributed by atoms with E-state index in [1.54, 1.807) is 30.3 Å². The second-order valence-corrected chi connectivity index (χ2v) is 6.35. The van der Waals surface area contributed by atoms with E-state index >= 15 is 0 Å². The third kappa shape index (κ3) is 3.11. The Morgan fingerprint density at radius 1 is 1.35 bits per heavy atom. The van der Waals surface area contributed by atoms with Crippen LogP contribution in [0.25, 0.3) is 11.3 Å². The highest BCUT2D eigenvalue weighted by molar-refractivity contribution is 5.92. The average Bonchev–Trinajstić information content (AvgIpc) is 3.28. The number of aromatic amines is 1. The molecule has 0 bridgehead atoms. The summed E-state index contributed by atoms with van der Waals surface area (Å²) in [7, 11) is 1.74. The topological polar surface area (TPSA) is 78.8 Å². The molecule has 2 aromatic heterocycles. The molecule has 8 heteroatoms. The molecule has 1 amide bonds. The van der Waals surface area contributed by atoms with Crippen LogP contribution in [0.1, 0.15) is 21.9 Å². The summed E-state index contributed by atoms with van der Waals surface area (Å²) in [6.07, 6.45) is 3.50. The predicted molar refractivity (Wildman–Crippen MR) is 93.7 cm³/mol. The van der Waals surface area contributed by atoms with Gasteiger partial charge in [-0.2, -0.15) is 5.10 Å². The largest absolute Gasteiger partial charge is 0.336 e. The van der Waals surface area contributed by atoms with Gasteiger partial charge < -0.3 is 14.8 Å². The molecule has 0 fully saturated rings. The molecular formula is C18H19FN6O. The number of nitrogens with one attached hydrogen (secondary N) is 2. The molecule has 1 aliphatic heterocycles. The molecule has 26 heavy (non-hydrogen) atoms. The van der Waals surface area contributed by atoms with Crippen LogP contribution in [0.4, 0.5) is 4.39 Å². The molecule has 134 valence electrons. The Morgan fingerprint density at radius 3 is 2.92 bits per heavy atom. The van der Waals surface area contributed by atoms with Crippen molar-refractivity contribution < 1.29 is 9.18 Å². The Kier molecular flexibility index (Phi) is 4.26. The summed E-state index contributed by atoms with van der Waals surface area (Å²) in [4.78, 5) is 18.8. The Labute approximate surface area is 149 Å². The number of amides is 1. The second-order valence-electron chi connectivity index (χ2n) is 6.35. The van der Waals surface area contributed by atoms with Crippen LogP contribution in [0.15, 0.2) is 36.7 Å². The van der Waals surface area contributed by atoms with E-state index in [9.17, 15) is 9.18 Å². The maximum absolute atomic E-state index is 13.1. The average molecular weight is 354 g/mol. The van der Waals surface area contributed by atoms with Gasteiger partial charge in [-0.1, -0.05) is 0 Å². The fourth-order valence-corrected chi connectivity index (χ4v) is 3.11. The van der Waals surface area contributed by atoms with Crippen molar-refractivity contribution in [2.45, 2.75) is 19.6 Å². The zero-order chi connectivity index (χ0) is 18.1. The molecule has 0 spiro atoms. The minimum Gasteiger partial charge on any atom is -0.336 e. The number of imidazole rings is 1. The lowest BCUT2D eigenvalue weighted by Gasteiger charge is -2.16. The zero-order valence-electron chi connectivity index (χ0n) is 14.4. The molecule has 3 aromatic rings. The van der Waals surface area contributed by atoms with E-state index < -0.39 is 0 Å². The molecule has 0 unspecified atom stereocenters. The van der Waals surface area contributed by atoms with Gasteiger partial charge in [-0.25, -0.2) is 9.37 Å². The van der Waals surface area contributed by atoms with E-state index in [1.807, 2.05) is 10.8 Å². The number of nitrogens with zero attached hydrogens (tertiary/aromatic N) is 4. The van der Waals surface area contributed by atoms with Gasteiger partial charge in [0, 0.05) is 44.0 Å². The van der Waals surface area contributed by atoms with Crippen LogP contribution < -0.4 is 5.32 Å². The van der Waals surface area contributed by atoms with Crippen LogP contribution in [0.3, 0.4) is 0 Å². The smallest absolute Gasteiger partial charge is 0.274 e. The second kappa shape index (κ2) is 6.72. The summed E-state index contributed by atoms with van der Waals surface area (Å²) in [6.45, 7) is 2.74. The van der Waals surface area contributed by atoms with Crippen molar-refractivity contribution in [1.29, 1.82) is 0 Å². The van der Waals surface area contributed by atoms with Gasteiger partial charge in [0.25, 0.3) is 5.91 Å². The molecular weight excluding hydrogens is 335 g/mol. The molecule has 0 saturated carbocycles. The zero-order valence-corrected chi connectivity index (χ0v) is 14.4. The number of fused-ring (bicyclic) bond motifs is 1. The molecule has 1 aliphatic rings. The maximum atomic E-state index is 13.1.